The zero-order valence-electron chi connectivity index (χ0n) is 12.8. The molecule has 0 bridgehead atoms. The number of aryl methyl sites for hydroxylation is 1. The number of furan rings is 1. The van der Waals surface area contributed by atoms with Gasteiger partial charge >= 0.3 is 0 Å². The van der Waals surface area contributed by atoms with Crippen molar-refractivity contribution in [2.24, 2.45) is 7.05 Å². The highest BCUT2D eigenvalue weighted by molar-refractivity contribution is 5.96. The smallest absolute Gasteiger partial charge is 0.258 e. The highest BCUT2D eigenvalue weighted by Gasteiger charge is 2.21. The predicted octanol–water partition coefficient (Wildman–Crippen LogP) is 1.24. The van der Waals surface area contributed by atoms with Gasteiger partial charge in [-0.3, -0.25) is 14.2 Å². The van der Waals surface area contributed by atoms with Crippen molar-refractivity contribution < 1.29 is 13.9 Å². The Morgan fingerprint density at radius 3 is 3.00 bits per heavy atom. The van der Waals surface area contributed by atoms with Gasteiger partial charge in [-0.05, 0) is 18.2 Å². The summed E-state index contributed by atoms with van der Waals surface area (Å²) in [6.07, 6.45) is 6.72. The van der Waals surface area contributed by atoms with Crippen LogP contribution in [-0.4, -0.2) is 39.1 Å². The van der Waals surface area contributed by atoms with Crippen LogP contribution in [0.2, 0.25) is 0 Å². The highest BCUT2D eigenvalue weighted by Crippen LogP contribution is 2.18. The van der Waals surface area contributed by atoms with Crippen LogP contribution in [0.25, 0.3) is 0 Å². The van der Waals surface area contributed by atoms with E-state index in [4.69, 9.17) is 9.15 Å². The molecule has 0 aliphatic carbocycles. The van der Waals surface area contributed by atoms with Gasteiger partial charge in [0.1, 0.15) is 17.4 Å². The number of amides is 1. The minimum Gasteiger partial charge on any atom is -0.479 e. The molecule has 0 aliphatic rings. The number of hydrogen-bond donors (Lipinski definition) is 1. The van der Waals surface area contributed by atoms with Crippen molar-refractivity contribution in [2.45, 2.75) is 6.04 Å². The van der Waals surface area contributed by atoms with E-state index in [-0.39, 0.29) is 11.9 Å². The quantitative estimate of drug-likeness (QED) is 0.739. The Morgan fingerprint density at radius 2 is 2.35 bits per heavy atom. The topological polar surface area (TPSA) is 87.1 Å². The molecule has 3 aromatic heterocycles. The van der Waals surface area contributed by atoms with Crippen LogP contribution in [0.1, 0.15) is 22.2 Å². The SMILES string of the molecule is COc1nn(C)cc1C(=O)NC[C@@H](c1ccco1)n1cccn1. The van der Waals surface area contributed by atoms with E-state index in [9.17, 15) is 4.79 Å². The van der Waals surface area contributed by atoms with Gasteiger partial charge in [-0.1, -0.05) is 0 Å². The molecule has 23 heavy (non-hydrogen) atoms. The van der Waals surface area contributed by atoms with Crippen LogP contribution in [0.15, 0.2) is 47.5 Å². The summed E-state index contributed by atoms with van der Waals surface area (Å²) in [5.41, 5.74) is 0.383. The number of nitrogens with one attached hydrogen (secondary N) is 1. The van der Waals surface area contributed by atoms with E-state index in [0.717, 1.165) is 0 Å². The third-order valence-corrected chi connectivity index (χ3v) is 3.40. The summed E-state index contributed by atoms with van der Waals surface area (Å²) >= 11 is 0. The van der Waals surface area contributed by atoms with Gasteiger partial charge in [-0.2, -0.15) is 5.10 Å². The van der Waals surface area contributed by atoms with Crippen LogP contribution in [0, 0.1) is 0 Å². The lowest BCUT2D eigenvalue weighted by atomic mass is 10.2. The zero-order chi connectivity index (χ0) is 16.2. The van der Waals surface area contributed by atoms with Gasteiger partial charge < -0.3 is 14.5 Å². The van der Waals surface area contributed by atoms with Crippen molar-refractivity contribution >= 4 is 5.91 Å². The average Bonchev–Trinajstić information content (AvgIpc) is 3.28. The van der Waals surface area contributed by atoms with E-state index in [1.165, 1.54) is 11.8 Å². The second-order valence-electron chi connectivity index (χ2n) is 4.95. The molecule has 0 saturated heterocycles. The minimum atomic E-state index is -0.265. The van der Waals surface area contributed by atoms with Crippen molar-refractivity contribution in [1.82, 2.24) is 24.9 Å². The maximum atomic E-state index is 12.4. The van der Waals surface area contributed by atoms with E-state index in [1.807, 2.05) is 18.3 Å². The Balaban J connectivity index is 1.75. The molecule has 0 spiro atoms. The molecule has 0 radical (unpaired) electrons. The number of rotatable bonds is 6. The van der Waals surface area contributed by atoms with Gasteiger partial charge in [-0.15, -0.1) is 5.10 Å². The Kier molecular flexibility index (Phi) is 4.13. The van der Waals surface area contributed by atoms with E-state index in [0.29, 0.717) is 23.7 Å². The second-order valence-corrected chi connectivity index (χ2v) is 4.95. The van der Waals surface area contributed by atoms with Gasteiger partial charge in [0.2, 0.25) is 5.88 Å². The average molecular weight is 315 g/mol. The Hall–Kier alpha value is -3.03. The fourth-order valence-electron chi connectivity index (χ4n) is 2.33. The lowest BCUT2D eigenvalue weighted by molar-refractivity contribution is 0.0945. The predicted molar refractivity (Wildman–Crippen MR) is 81.2 cm³/mol. The Morgan fingerprint density at radius 1 is 1.48 bits per heavy atom. The first kappa shape index (κ1) is 14.9. The van der Waals surface area contributed by atoms with E-state index >= 15 is 0 Å². The molecular weight excluding hydrogens is 298 g/mol. The summed E-state index contributed by atoms with van der Waals surface area (Å²) in [6.45, 7) is 0.325. The monoisotopic (exact) mass is 315 g/mol. The van der Waals surface area contributed by atoms with Crippen LogP contribution in [0.3, 0.4) is 0 Å². The molecule has 8 nitrogen and oxygen atoms in total. The van der Waals surface area contributed by atoms with Crippen molar-refractivity contribution in [2.75, 3.05) is 13.7 Å². The minimum absolute atomic E-state index is 0.230. The van der Waals surface area contributed by atoms with Gasteiger partial charge in [-0.25, -0.2) is 0 Å². The zero-order valence-corrected chi connectivity index (χ0v) is 12.8. The fourth-order valence-corrected chi connectivity index (χ4v) is 2.33. The third kappa shape index (κ3) is 3.10. The lowest BCUT2D eigenvalue weighted by Gasteiger charge is -2.16. The molecule has 0 saturated carbocycles. The van der Waals surface area contributed by atoms with Gasteiger partial charge in [0.05, 0.1) is 13.4 Å². The van der Waals surface area contributed by atoms with Crippen LogP contribution in [-0.2, 0) is 7.05 Å². The summed E-state index contributed by atoms with van der Waals surface area (Å²) in [4.78, 5) is 12.4. The summed E-state index contributed by atoms with van der Waals surface area (Å²) in [5.74, 6) is 0.740. The Bertz CT molecular complexity index is 727. The van der Waals surface area contributed by atoms with Gasteiger partial charge in [0.15, 0.2) is 0 Å². The molecule has 1 amide bonds. The van der Waals surface area contributed by atoms with Crippen molar-refractivity contribution in [3.8, 4) is 5.88 Å². The molecule has 8 heteroatoms. The van der Waals surface area contributed by atoms with Crippen LogP contribution in [0.5, 0.6) is 5.88 Å². The maximum absolute atomic E-state index is 12.4. The maximum Gasteiger partial charge on any atom is 0.258 e. The largest absolute Gasteiger partial charge is 0.479 e. The van der Waals surface area contributed by atoms with Gasteiger partial charge in [0.25, 0.3) is 5.91 Å². The van der Waals surface area contributed by atoms with Gasteiger partial charge in [0, 0.05) is 32.2 Å². The first-order valence-electron chi connectivity index (χ1n) is 7.07. The van der Waals surface area contributed by atoms with Crippen LogP contribution < -0.4 is 10.1 Å². The molecular formula is C15H17N5O3. The number of methoxy groups -OCH3 is 1. The number of carbonyl (C=O) groups excluding carboxylic acids is 1. The lowest BCUT2D eigenvalue weighted by Crippen LogP contribution is -2.31. The summed E-state index contributed by atoms with van der Waals surface area (Å²) in [5, 5.41) is 11.2. The third-order valence-electron chi connectivity index (χ3n) is 3.40. The number of carbonyl (C=O) groups is 1. The van der Waals surface area contributed by atoms with Crippen molar-refractivity contribution in [3.63, 3.8) is 0 Å². The molecule has 120 valence electrons. The first-order valence-corrected chi connectivity index (χ1v) is 7.07. The summed E-state index contributed by atoms with van der Waals surface area (Å²) in [6, 6.07) is 5.25. The van der Waals surface area contributed by atoms with Crippen molar-refractivity contribution in [1.29, 1.82) is 0 Å². The molecule has 3 heterocycles. The standard InChI is InChI=1S/C15H17N5O3/c1-19-10-11(15(18-19)22-2)14(21)16-9-12(13-5-3-8-23-13)20-7-4-6-17-20/h3-8,10,12H,9H2,1-2H3,(H,16,21)/t12-/m0/s1. The normalized spacial score (nSPS) is 12.1. The molecule has 0 aromatic carbocycles. The van der Waals surface area contributed by atoms with Crippen molar-refractivity contribution in [3.05, 3.63) is 54.4 Å². The molecule has 0 aliphatic heterocycles. The molecule has 1 atom stereocenters. The van der Waals surface area contributed by atoms with E-state index in [1.54, 1.807) is 36.5 Å². The van der Waals surface area contributed by atoms with Crippen LogP contribution in [0.4, 0.5) is 0 Å². The molecule has 3 rings (SSSR count). The summed E-state index contributed by atoms with van der Waals surface area (Å²) in [7, 11) is 3.21. The van der Waals surface area contributed by atoms with Crippen LogP contribution >= 0.6 is 0 Å². The highest BCUT2D eigenvalue weighted by atomic mass is 16.5. The summed E-state index contributed by atoms with van der Waals surface area (Å²) < 4.78 is 13.8. The number of hydrogen-bond acceptors (Lipinski definition) is 5. The van der Waals surface area contributed by atoms with E-state index < -0.39 is 0 Å². The molecule has 3 aromatic rings. The molecule has 0 fully saturated rings. The number of nitrogens with zero attached hydrogens (tertiary/aromatic N) is 4. The van der Waals surface area contributed by atoms with E-state index in [2.05, 4.69) is 15.5 Å². The first-order chi connectivity index (χ1) is 11.2. The Labute approximate surface area is 132 Å². The molecule has 0 unspecified atom stereocenters. The second kappa shape index (κ2) is 6.39. The number of aromatic nitrogens is 4. The number of ether oxygens (including phenoxy) is 1. The molecule has 1 N–H and O–H groups in total. The fraction of sp³-hybridized carbons (Fsp3) is 0.267.